The molecule has 0 aliphatic rings. The number of alkyl halides is 5. The summed E-state index contributed by atoms with van der Waals surface area (Å²) in [6, 6.07) is 1.87. The molecule has 0 spiro atoms. The van der Waals surface area contributed by atoms with Crippen LogP contribution in [0.3, 0.4) is 0 Å². The fourth-order valence-electron chi connectivity index (χ4n) is 1.26. The number of halogens is 5. The quantitative estimate of drug-likeness (QED) is 0.821. The summed E-state index contributed by atoms with van der Waals surface area (Å²) in [7, 11) is 0. The molecule has 0 aromatic carbocycles. The van der Waals surface area contributed by atoms with Gasteiger partial charge in [0.05, 0.1) is 23.6 Å². The van der Waals surface area contributed by atoms with E-state index < -0.39 is 35.7 Å². The fourth-order valence-corrected chi connectivity index (χ4v) is 1.26. The number of rotatable bonds is 2. The van der Waals surface area contributed by atoms with Gasteiger partial charge < -0.3 is 4.98 Å². The standard InChI is InChI=1S/C9H5F5N2O/c10-7(11)6-5(9(12,13)14)3-4(1-2-15)16-8(6)17/h3,7H,1H2,(H,16,17). The Balaban J connectivity index is 3.52. The average Bonchev–Trinajstić information content (AvgIpc) is 2.15. The highest BCUT2D eigenvalue weighted by Gasteiger charge is 2.37. The van der Waals surface area contributed by atoms with Crippen molar-refractivity contribution in [3.05, 3.63) is 33.2 Å². The summed E-state index contributed by atoms with van der Waals surface area (Å²) in [5, 5.41) is 8.28. The van der Waals surface area contributed by atoms with Gasteiger partial charge >= 0.3 is 6.18 Å². The van der Waals surface area contributed by atoms with Crippen molar-refractivity contribution in [2.75, 3.05) is 0 Å². The number of nitrogens with zero attached hydrogens (tertiary/aromatic N) is 1. The van der Waals surface area contributed by atoms with Crippen LogP contribution in [0.1, 0.15) is 23.2 Å². The van der Waals surface area contributed by atoms with Crippen LogP contribution in [0.25, 0.3) is 0 Å². The zero-order valence-electron chi connectivity index (χ0n) is 8.11. The molecule has 1 aromatic heterocycles. The molecule has 0 amide bonds. The maximum absolute atomic E-state index is 12.4. The summed E-state index contributed by atoms with van der Waals surface area (Å²) in [6.45, 7) is 0. The van der Waals surface area contributed by atoms with Crippen LogP contribution >= 0.6 is 0 Å². The monoisotopic (exact) mass is 252 g/mol. The molecule has 1 aromatic rings. The lowest BCUT2D eigenvalue weighted by Gasteiger charge is -2.12. The van der Waals surface area contributed by atoms with Crippen molar-refractivity contribution in [2.45, 2.75) is 19.0 Å². The predicted octanol–water partition coefficient (Wildman–Crippen LogP) is 2.40. The van der Waals surface area contributed by atoms with E-state index in [1.165, 1.54) is 6.07 Å². The smallest absolute Gasteiger partial charge is 0.325 e. The Bertz CT molecular complexity index is 512. The maximum Gasteiger partial charge on any atom is 0.417 e. The third-order valence-corrected chi connectivity index (χ3v) is 1.92. The molecular weight excluding hydrogens is 247 g/mol. The number of pyridine rings is 1. The summed E-state index contributed by atoms with van der Waals surface area (Å²) in [6.07, 6.45) is -9.10. The maximum atomic E-state index is 12.4. The van der Waals surface area contributed by atoms with Crippen molar-refractivity contribution in [2.24, 2.45) is 0 Å². The fraction of sp³-hybridized carbons (Fsp3) is 0.333. The molecule has 0 fully saturated rings. The van der Waals surface area contributed by atoms with Crippen molar-refractivity contribution >= 4 is 0 Å². The van der Waals surface area contributed by atoms with Gasteiger partial charge in [-0.1, -0.05) is 0 Å². The topological polar surface area (TPSA) is 56.6 Å². The first kappa shape index (κ1) is 13.2. The van der Waals surface area contributed by atoms with Gasteiger partial charge in [0.25, 0.3) is 12.0 Å². The molecule has 1 N–H and O–H groups in total. The van der Waals surface area contributed by atoms with E-state index in [9.17, 15) is 26.7 Å². The predicted molar refractivity (Wildman–Crippen MR) is 46.3 cm³/mol. The Labute approximate surface area is 91.5 Å². The molecule has 0 saturated heterocycles. The highest BCUT2D eigenvalue weighted by Crippen LogP contribution is 2.34. The molecule has 0 radical (unpaired) electrons. The van der Waals surface area contributed by atoms with Gasteiger partial charge in [-0.25, -0.2) is 8.78 Å². The number of aromatic nitrogens is 1. The number of H-pyrrole nitrogens is 1. The van der Waals surface area contributed by atoms with Crippen LogP contribution in [0.5, 0.6) is 0 Å². The third-order valence-electron chi connectivity index (χ3n) is 1.92. The van der Waals surface area contributed by atoms with Gasteiger partial charge in [-0.15, -0.1) is 0 Å². The SMILES string of the molecule is N#CCc1cc(C(F)(F)F)c(C(F)F)c(=O)[nH]1. The second-order valence-corrected chi connectivity index (χ2v) is 3.08. The van der Waals surface area contributed by atoms with Gasteiger partial charge in [0, 0.05) is 5.69 Å². The van der Waals surface area contributed by atoms with Gasteiger partial charge in [0.15, 0.2) is 0 Å². The molecule has 1 rings (SSSR count). The molecule has 0 saturated carbocycles. The highest BCUT2D eigenvalue weighted by molar-refractivity contribution is 5.31. The summed E-state index contributed by atoms with van der Waals surface area (Å²) in [5.74, 6) is 0. The molecule has 0 aliphatic heterocycles. The Morgan fingerprint density at radius 1 is 1.41 bits per heavy atom. The van der Waals surface area contributed by atoms with Crippen LogP contribution in [0, 0.1) is 11.3 Å². The van der Waals surface area contributed by atoms with Crippen LogP contribution in [-0.4, -0.2) is 4.98 Å². The number of aromatic amines is 1. The molecular formula is C9H5F5N2O. The van der Waals surface area contributed by atoms with E-state index in [1.54, 1.807) is 0 Å². The number of hydrogen-bond donors (Lipinski definition) is 1. The number of nitrogens with one attached hydrogen (secondary N) is 1. The van der Waals surface area contributed by atoms with E-state index >= 15 is 0 Å². The van der Waals surface area contributed by atoms with Crippen LogP contribution in [0.4, 0.5) is 22.0 Å². The summed E-state index contributed by atoms with van der Waals surface area (Å²) < 4.78 is 62.0. The Hall–Kier alpha value is -1.91. The second-order valence-electron chi connectivity index (χ2n) is 3.08. The molecule has 0 atom stereocenters. The zero-order valence-corrected chi connectivity index (χ0v) is 8.11. The van der Waals surface area contributed by atoms with Crippen LogP contribution < -0.4 is 5.56 Å². The van der Waals surface area contributed by atoms with Crippen LogP contribution in [-0.2, 0) is 12.6 Å². The molecule has 17 heavy (non-hydrogen) atoms. The van der Waals surface area contributed by atoms with Gasteiger partial charge in [0.2, 0.25) is 0 Å². The third kappa shape index (κ3) is 2.81. The molecule has 8 heteroatoms. The van der Waals surface area contributed by atoms with E-state index in [0.29, 0.717) is 6.07 Å². The largest absolute Gasteiger partial charge is 0.417 e. The Kier molecular flexibility index (Phi) is 3.50. The van der Waals surface area contributed by atoms with E-state index in [2.05, 4.69) is 0 Å². The van der Waals surface area contributed by atoms with Gasteiger partial charge in [-0.3, -0.25) is 4.79 Å². The molecule has 3 nitrogen and oxygen atoms in total. The minimum Gasteiger partial charge on any atom is -0.325 e. The molecule has 0 bridgehead atoms. The first-order valence-electron chi connectivity index (χ1n) is 4.25. The highest BCUT2D eigenvalue weighted by atomic mass is 19.4. The van der Waals surface area contributed by atoms with Gasteiger partial charge in [0.1, 0.15) is 0 Å². The van der Waals surface area contributed by atoms with Crippen molar-refractivity contribution in [3.8, 4) is 6.07 Å². The average molecular weight is 252 g/mol. The van der Waals surface area contributed by atoms with Crippen LogP contribution in [0.15, 0.2) is 10.9 Å². The Morgan fingerprint density at radius 3 is 2.41 bits per heavy atom. The first-order valence-corrected chi connectivity index (χ1v) is 4.25. The zero-order chi connectivity index (χ0) is 13.2. The van der Waals surface area contributed by atoms with Gasteiger partial charge in [-0.2, -0.15) is 18.4 Å². The van der Waals surface area contributed by atoms with Crippen molar-refractivity contribution in [3.63, 3.8) is 0 Å². The molecule has 0 unspecified atom stereocenters. The number of hydrogen-bond acceptors (Lipinski definition) is 2. The lowest BCUT2D eigenvalue weighted by molar-refractivity contribution is -0.139. The van der Waals surface area contributed by atoms with E-state index in [0.717, 1.165) is 0 Å². The normalized spacial score (nSPS) is 11.6. The van der Waals surface area contributed by atoms with Crippen molar-refractivity contribution in [1.82, 2.24) is 4.98 Å². The lowest BCUT2D eigenvalue weighted by atomic mass is 10.1. The minimum atomic E-state index is -5.07. The second kappa shape index (κ2) is 4.53. The Morgan fingerprint density at radius 2 is 2.00 bits per heavy atom. The van der Waals surface area contributed by atoms with Crippen LogP contribution in [0.2, 0.25) is 0 Å². The van der Waals surface area contributed by atoms with Gasteiger partial charge in [-0.05, 0) is 6.07 Å². The molecule has 92 valence electrons. The number of nitriles is 1. The minimum absolute atomic E-state index is 0.353. The first-order chi connectivity index (χ1) is 7.77. The van der Waals surface area contributed by atoms with Crippen molar-refractivity contribution in [1.29, 1.82) is 5.26 Å². The molecule has 1 heterocycles. The lowest BCUT2D eigenvalue weighted by Crippen LogP contribution is -2.22. The van der Waals surface area contributed by atoms with Crippen molar-refractivity contribution < 1.29 is 22.0 Å². The summed E-state index contributed by atoms with van der Waals surface area (Å²) in [5.41, 5.74) is -5.21. The molecule has 0 aliphatic carbocycles. The van der Waals surface area contributed by atoms with E-state index in [1.807, 2.05) is 4.98 Å². The summed E-state index contributed by atoms with van der Waals surface area (Å²) in [4.78, 5) is 12.9. The van der Waals surface area contributed by atoms with E-state index in [-0.39, 0.29) is 5.69 Å². The van der Waals surface area contributed by atoms with E-state index in [4.69, 9.17) is 5.26 Å². The summed E-state index contributed by atoms with van der Waals surface area (Å²) >= 11 is 0.